The molecule has 100 heavy (non-hydrogen) atoms. The van der Waals surface area contributed by atoms with Gasteiger partial charge in [-0.3, -0.25) is 47.7 Å². The van der Waals surface area contributed by atoms with Crippen LogP contribution in [0.3, 0.4) is 0 Å². The topological polar surface area (TPSA) is 430 Å². The van der Waals surface area contributed by atoms with Crippen molar-refractivity contribution < 1.29 is 201 Å². The Morgan fingerprint density at radius 1 is 0.650 bits per heavy atom. The molecule has 3 saturated heterocycles. The standard InChI is InChI=1S/C23H23ClFN5O5.C13H16ClFN2O3.C10H9Cl2FO.C10H9N3O3.C4H9NO2.CH2O3.2CH4.2K.H/c24-16-6-3-4-14(20(16)25)8-27-18(31)9-29(11-23(34)12-35-13-23)19(32)10-30-17-7-2-1-5-15(17)21(28-30)22(26)33;14-10-3-1-2-9(12(10)15)4-17-11(18)5-16-6-13(19)7-20-8-13;11-6-8(14)5-4-7-2-1-3-9(12)10(7)13;11-10(16)9-6-3-1-2-4-7(6)13(12-9)5-8(14)15;5-1-4(6)2-7-3-4;2-1-4-3;;;;;/h1-7,34H,8-13H2,(H2,26,33)(H,27,31);1-3,16,19H,4-8H2,(H,17,18);1-3H,4-6H2;1-4H,5H2,(H2,11,16)(H,14,15);6H,1-3,5H2;1,3H;2*1H4;;;/q;;;;;;;;2*+1;-1/p-1. The van der Waals surface area contributed by atoms with E-state index in [2.05, 4.69) is 31.0 Å². The summed E-state index contributed by atoms with van der Waals surface area (Å²) in [6.07, 6.45) is 0.596. The van der Waals surface area contributed by atoms with E-state index in [9.17, 15) is 56.9 Å². The first-order chi connectivity index (χ1) is 45.6. The molecule has 0 radical (unpaired) electrons. The molecule has 3 aliphatic rings. The van der Waals surface area contributed by atoms with Crippen molar-refractivity contribution in [3.8, 4) is 0 Å². The molecule has 0 spiro atoms. The van der Waals surface area contributed by atoms with Gasteiger partial charge < -0.3 is 84.3 Å². The summed E-state index contributed by atoms with van der Waals surface area (Å²) in [6, 6.07) is 27.5. The Labute approximate surface area is 679 Å². The van der Waals surface area contributed by atoms with Gasteiger partial charge in [0.15, 0.2) is 11.4 Å². The van der Waals surface area contributed by atoms with E-state index in [1.54, 1.807) is 78.9 Å². The van der Waals surface area contributed by atoms with Crippen LogP contribution in [0.5, 0.6) is 0 Å². The summed E-state index contributed by atoms with van der Waals surface area (Å²) in [6.45, 7) is 0.631. The number of aromatic nitrogens is 4. The number of alkyl halides is 1. The number of halogens is 7. The fraction of sp³-hybridized carbons (Fsp3) is 0.365. The van der Waals surface area contributed by atoms with Crippen LogP contribution in [0.1, 0.15) is 60.4 Å². The normalized spacial score (nSPS) is 13.5. The number of ketones is 1. The van der Waals surface area contributed by atoms with E-state index < -0.39 is 70.4 Å². The SMILES string of the molecule is C.C.NC(=O)c1nn(CC(=O)N(CC(=O)NCc2cccc(Cl)c2F)CC2(O)COC2)c2ccccc12.NC(=O)c1nn(CC(=O)O)c2ccccc12.NCC1(O)COC1.O=C(CCl)CCc1cccc(Cl)c1F.O=C(CNCC1(O)COC1)NCc1cccc(Cl)c1F.O=CO[O-].[H-].[K+].[K+]. The number of para-hydroxylation sites is 2. The number of aliphatic carboxylic acids is 1. The van der Waals surface area contributed by atoms with Gasteiger partial charge in [-0.15, -0.1) is 11.6 Å². The van der Waals surface area contributed by atoms with Crippen molar-refractivity contribution in [1.29, 1.82) is 0 Å². The second-order valence-corrected chi connectivity index (χ2v) is 22.9. The number of aryl methyl sites for hydroxylation is 1. The molecular formula is C63H76Cl4F3K2N11O17. The van der Waals surface area contributed by atoms with Crippen molar-refractivity contribution in [3.63, 3.8) is 0 Å². The number of nitrogens with zero attached hydrogens (tertiary/aromatic N) is 5. The van der Waals surface area contributed by atoms with Crippen LogP contribution in [-0.4, -0.2) is 188 Å². The zero-order valence-electron chi connectivity index (χ0n) is 53.8. The first-order valence-corrected chi connectivity index (χ1v) is 30.2. The number of amides is 5. The van der Waals surface area contributed by atoms with Crippen LogP contribution in [0.4, 0.5) is 13.2 Å². The van der Waals surface area contributed by atoms with E-state index >= 15 is 0 Å². The average molecular weight is 1540 g/mol. The van der Waals surface area contributed by atoms with Crippen molar-refractivity contribution in [2.75, 3.05) is 78.2 Å². The molecule has 0 bridgehead atoms. The summed E-state index contributed by atoms with van der Waals surface area (Å²) < 4.78 is 58.2. The average Bonchev–Trinajstić information content (AvgIpc) is 1.66. The number of primary amides is 2. The predicted octanol–water partition coefficient (Wildman–Crippen LogP) is -2.75. The third-order valence-corrected chi connectivity index (χ3v) is 15.0. The number of rotatable bonds is 24. The number of nitrogens with one attached hydrogen (secondary N) is 3. The fourth-order valence-electron chi connectivity index (χ4n) is 8.67. The molecule has 5 aromatic carbocycles. The number of benzene rings is 5. The molecule has 10 rings (SSSR count). The van der Waals surface area contributed by atoms with Crippen molar-refractivity contribution in [3.05, 3.63) is 164 Å². The molecule has 5 heterocycles. The first-order valence-electron chi connectivity index (χ1n) is 28.5. The quantitative estimate of drug-likeness (QED) is 0.00964. The summed E-state index contributed by atoms with van der Waals surface area (Å²) in [5, 5.41) is 63.5. The van der Waals surface area contributed by atoms with Gasteiger partial charge in [0, 0.05) is 54.5 Å². The van der Waals surface area contributed by atoms with Crippen molar-refractivity contribution in [2.45, 2.75) is 70.7 Å². The van der Waals surface area contributed by atoms with Crippen LogP contribution in [-0.2, 0) is 80.5 Å². The summed E-state index contributed by atoms with van der Waals surface area (Å²) in [7, 11) is 0. The number of nitrogens with two attached hydrogens (primary N) is 3. The van der Waals surface area contributed by atoms with Crippen LogP contribution in [0.15, 0.2) is 103 Å². The van der Waals surface area contributed by atoms with Gasteiger partial charge in [0.1, 0.15) is 53.1 Å². The molecule has 0 aliphatic carbocycles. The van der Waals surface area contributed by atoms with Crippen molar-refractivity contribution in [2.24, 2.45) is 17.2 Å². The number of Topliss-reactive ketones (excluding diaryl/α,β-unsaturated/α-hetero) is 1. The maximum atomic E-state index is 14.1. The minimum absolute atomic E-state index is 0. The molecule has 3 fully saturated rings. The first kappa shape index (κ1) is 92.9. The number of hydrogen-bond acceptors (Lipinski definition) is 20. The fourth-order valence-corrected chi connectivity index (χ4v) is 9.38. The molecular weight excluding hydrogens is 1460 g/mol. The molecule has 0 atom stereocenters. The number of carbonyl (C=O) groups excluding carboxylic acids is 7. The van der Waals surface area contributed by atoms with Gasteiger partial charge in [0.25, 0.3) is 18.3 Å². The second kappa shape index (κ2) is 45.9. The van der Waals surface area contributed by atoms with Gasteiger partial charge in [-0.1, -0.05) is 122 Å². The van der Waals surface area contributed by atoms with E-state index in [-0.39, 0.29) is 254 Å². The van der Waals surface area contributed by atoms with Crippen molar-refractivity contribution >= 4 is 116 Å². The Hall–Kier alpha value is -5.14. The third kappa shape index (κ3) is 29.2. The zero-order chi connectivity index (χ0) is 70.8. The van der Waals surface area contributed by atoms with Gasteiger partial charge in [0.05, 0.1) is 91.3 Å². The number of carboxylic acids is 1. The van der Waals surface area contributed by atoms with E-state index in [0.29, 0.717) is 59.1 Å². The predicted molar refractivity (Wildman–Crippen MR) is 354 cm³/mol. The molecule has 13 N–H and O–H groups in total. The minimum atomic E-state index is -1.29. The van der Waals surface area contributed by atoms with Crippen LogP contribution in [0, 0.1) is 17.5 Å². The van der Waals surface area contributed by atoms with Crippen LogP contribution in [0.25, 0.3) is 21.8 Å². The van der Waals surface area contributed by atoms with E-state index in [0.717, 1.165) is 0 Å². The summed E-state index contributed by atoms with van der Waals surface area (Å²) in [5.74, 6) is -5.54. The number of ether oxygens (including phenoxy) is 3. The van der Waals surface area contributed by atoms with E-state index in [1.165, 1.54) is 38.5 Å². The molecule has 28 nitrogen and oxygen atoms in total. The Kier molecular flexibility index (Phi) is 42.6. The van der Waals surface area contributed by atoms with Crippen LogP contribution in [0.2, 0.25) is 15.1 Å². The molecule has 2 aromatic heterocycles. The molecule has 536 valence electrons. The summed E-state index contributed by atoms with van der Waals surface area (Å²) >= 11 is 22.3. The molecule has 3 aliphatic heterocycles. The van der Waals surface area contributed by atoms with Gasteiger partial charge in [-0.2, -0.15) is 10.2 Å². The number of carbonyl (C=O) groups is 8. The maximum absolute atomic E-state index is 14.1. The van der Waals surface area contributed by atoms with Crippen LogP contribution < -0.4 is 141 Å². The van der Waals surface area contributed by atoms with Gasteiger partial charge >= 0.3 is 109 Å². The van der Waals surface area contributed by atoms with E-state index in [1.807, 2.05) is 0 Å². The molecule has 7 aromatic rings. The molecule has 0 saturated carbocycles. The summed E-state index contributed by atoms with van der Waals surface area (Å²) in [5.41, 5.74) is 15.1. The Morgan fingerprint density at radius 2 is 1.06 bits per heavy atom. The smallest absolute Gasteiger partial charge is 1.00 e. The minimum Gasteiger partial charge on any atom is -1.00 e. The van der Waals surface area contributed by atoms with Crippen LogP contribution >= 0.6 is 46.4 Å². The van der Waals surface area contributed by atoms with Gasteiger partial charge in [0.2, 0.25) is 17.7 Å². The number of carboxylic acid groups (broad SMARTS) is 1. The van der Waals surface area contributed by atoms with E-state index in [4.69, 9.17) is 98.1 Å². The third-order valence-electron chi connectivity index (χ3n) is 13.8. The molecule has 0 unspecified atom stereocenters. The zero-order valence-corrected chi connectivity index (χ0v) is 62.1. The number of fused-ring (bicyclic) bond motifs is 2. The van der Waals surface area contributed by atoms with Gasteiger partial charge in [-0.25, -0.2) is 13.2 Å². The van der Waals surface area contributed by atoms with Crippen molar-refractivity contribution in [1.82, 2.24) is 40.4 Å². The summed E-state index contributed by atoms with van der Waals surface area (Å²) in [4.78, 5) is 94.2. The Balaban J connectivity index is 0.00000130. The number of hydrogen-bond donors (Lipinski definition) is 10. The largest absolute Gasteiger partial charge is 1.00 e. The molecule has 37 heteroatoms. The monoisotopic (exact) mass is 1530 g/mol. The maximum Gasteiger partial charge on any atom is 1.00 e. The van der Waals surface area contributed by atoms with Gasteiger partial charge in [-0.05, 0) is 42.3 Å². The number of aliphatic hydroxyl groups is 3. The Morgan fingerprint density at radius 3 is 1.44 bits per heavy atom. The Bertz CT molecular complexity index is 3860. The second-order valence-electron chi connectivity index (χ2n) is 21.4. The molecule has 5 amide bonds.